The molecule has 0 radical (unpaired) electrons. The van der Waals surface area contributed by atoms with Crippen LogP contribution in [0, 0.1) is 0 Å². The van der Waals surface area contributed by atoms with Crippen molar-refractivity contribution in [2.75, 3.05) is 5.32 Å². The number of thiocarbonyl (C=S) groups is 1. The van der Waals surface area contributed by atoms with Gasteiger partial charge in [-0.2, -0.15) is 0 Å². The molecule has 0 aromatic heterocycles. The van der Waals surface area contributed by atoms with Gasteiger partial charge in [0.15, 0.2) is 0 Å². The summed E-state index contributed by atoms with van der Waals surface area (Å²) >= 11 is 4.50. The minimum atomic E-state index is -0.130. The monoisotopic (exact) mass is 237 g/mol. The first kappa shape index (κ1) is 12.1. The summed E-state index contributed by atoms with van der Waals surface area (Å²) in [6.45, 7) is 1.44. The Morgan fingerprint density at radius 2 is 2.31 bits per heavy atom. The Labute approximate surface area is 98.1 Å². The maximum Gasteiger partial charge on any atom is 0.221 e. The molecule has 0 aliphatic carbocycles. The summed E-state index contributed by atoms with van der Waals surface area (Å²) in [4.78, 5) is 10.8. The molecule has 0 unspecified atom stereocenters. The van der Waals surface area contributed by atoms with Crippen molar-refractivity contribution >= 4 is 35.0 Å². The standard InChI is InChI=1S/C9H11N5OS/c1-7(15)11-8-3-2-4-9(5-8)12-14-13-10-6-16/h2-6H,1H3,(H,11,15)(H,12,13)(H,10,14,16). The molecule has 0 aliphatic heterocycles. The van der Waals surface area contributed by atoms with Crippen molar-refractivity contribution in [1.82, 2.24) is 11.0 Å². The molecule has 16 heavy (non-hydrogen) atoms. The molecule has 1 aromatic rings. The second kappa shape index (κ2) is 6.46. The van der Waals surface area contributed by atoms with Crippen LogP contribution in [-0.2, 0) is 4.79 Å². The normalized spacial score (nSPS) is 9.81. The summed E-state index contributed by atoms with van der Waals surface area (Å²) in [6, 6.07) is 6.99. The van der Waals surface area contributed by atoms with Gasteiger partial charge < -0.3 is 5.32 Å². The van der Waals surface area contributed by atoms with E-state index >= 15 is 0 Å². The van der Waals surface area contributed by atoms with Crippen LogP contribution in [0.3, 0.4) is 0 Å². The Kier molecular flexibility index (Phi) is 4.87. The molecular weight excluding hydrogens is 226 g/mol. The third-order valence-electron chi connectivity index (χ3n) is 1.51. The predicted molar refractivity (Wildman–Crippen MR) is 65.2 cm³/mol. The lowest BCUT2D eigenvalue weighted by Gasteiger charge is -2.01. The largest absolute Gasteiger partial charge is 0.326 e. The molecule has 0 bridgehead atoms. The van der Waals surface area contributed by atoms with E-state index < -0.39 is 0 Å². The highest BCUT2D eigenvalue weighted by molar-refractivity contribution is 7.78. The number of amides is 1. The summed E-state index contributed by atoms with van der Waals surface area (Å²) in [5, 5.41) is 10.1. The second-order valence-corrected chi connectivity index (χ2v) is 3.04. The number of anilines is 1. The number of hydrazine groups is 1. The van der Waals surface area contributed by atoms with Gasteiger partial charge in [-0.25, -0.2) is 5.53 Å². The van der Waals surface area contributed by atoms with E-state index in [0.29, 0.717) is 11.4 Å². The molecule has 1 rings (SSSR count). The van der Waals surface area contributed by atoms with E-state index in [-0.39, 0.29) is 5.91 Å². The molecule has 0 heterocycles. The Morgan fingerprint density at radius 1 is 1.50 bits per heavy atom. The van der Waals surface area contributed by atoms with Crippen molar-refractivity contribution in [3.8, 4) is 0 Å². The van der Waals surface area contributed by atoms with Crippen LogP contribution in [0.1, 0.15) is 6.92 Å². The first-order valence-electron chi connectivity index (χ1n) is 4.45. The zero-order valence-electron chi connectivity index (χ0n) is 8.60. The fourth-order valence-corrected chi connectivity index (χ4v) is 1.04. The average Bonchev–Trinajstić information content (AvgIpc) is 2.24. The lowest BCUT2D eigenvalue weighted by molar-refractivity contribution is -0.114. The van der Waals surface area contributed by atoms with Crippen LogP contribution in [-0.4, -0.2) is 11.4 Å². The maximum atomic E-state index is 10.8. The molecule has 0 atom stereocenters. The number of carbonyl (C=O) groups is 1. The molecular formula is C9H11N5OS. The third kappa shape index (κ3) is 4.47. The van der Waals surface area contributed by atoms with Crippen molar-refractivity contribution in [3.63, 3.8) is 0 Å². The van der Waals surface area contributed by atoms with E-state index in [1.54, 1.807) is 24.3 Å². The SMILES string of the molecule is CC(=O)Nc1cccc(N=NNNC=S)c1. The van der Waals surface area contributed by atoms with E-state index in [1.165, 1.54) is 12.4 Å². The Bertz CT molecular complexity index is 407. The van der Waals surface area contributed by atoms with Crippen LogP contribution in [0.4, 0.5) is 11.4 Å². The summed E-state index contributed by atoms with van der Waals surface area (Å²) in [5.41, 5.74) is 7.44. The predicted octanol–water partition coefficient (Wildman–Crippen LogP) is 1.70. The van der Waals surface area contributed by atoms with E-state index in [9.17, 15) is 4.79 Å². The zero-order chi connectivity index (χ0) is 11.8. The molecule has 0 spiro atoms. The van der Waals surface area contributed by atoms with Gasteiger partial charge >= 0.3 is 0 Å². The fraction of sp³-hybridized carbons (Fsp3) is 0.111. The quantitative estimate of drug-likeness (QED) is 0.315. The number of rotatable bonds is 5. The lowest BCUT2D eigenvalue weighted by atomic mass is 10.3. The number of hydrogen-bond donors (Lipinski definition) is 3. The topological polar surface area (TPSA) is 77.9 Å². The minimum absolute atomic E-state index is 0.130. The number of benzene rings is 1. The second-order valence-electron chi connectivity index (χ2n) is 2.81. The number of hydrogen-bond acceptors (Lipinski definition) is 4. The van der Waals surface area contributed by atoms with Gasteiger partial charge in [0.1, 0.15) is 0 Å². The van der Waals surface area contributed by atoms with Crippen molar-refractivity contribution in [2.45, 2.75) is 6.92 Å². The summed E-state index contributed by atoms with van der Waals surface area (Å²) in [5.74, 6) is -0.130. The van der Waals surface area contributed by atoms with Crippen LogP contribution in [0.2, 0.25) is 0 Å². The van der Waals surface area contributed by atoms with Crippen LogP contribution >= 0.6 is 12.2 Å². The molecule has 0 fully saturated rings. The number of nitrogens with zero attached hydrogens (tertiary/aromatic N) is 2. The van der Waals surface area contributed by atoms with E-state index in [1.807, 2.05) is 0 Å². The Morgan fingerprint density at radius 3 is 3.00 bits per heavy atom. The van der Waals surface area contributed by atoms with E-state index in [2.05, 4.69) is 38.8 Å². The highest BCUT2D eigenvalue weighted by atomic mass is 32.1. The van der Waals surface area contributed by atoms with Gasteiger partial charge in [-0.05, 0) is 18.2 Å². The molecule has 0 aliphatic rings. The van der Waals surface area contributed by atoms with Gasteiger partial charge in [0.25, 0.3) is 0 Å². The van der Waals surface area contributed by atoms with Crippen LogP contribution in [0.15, 0.2) is 34.6 Å². The van der Waals surface area contributed by atoms with Gasteiger partial charge in [0, 0.05) is 12.6 Å². The summed E-state index contributed by atoms with van der Waals surface area (Å²) in [7, 11) is 0. The first-order chi connectivity index (χ1) is 7.72. The van der Waals surface area contributed by atoms with Crippen LogP contribution in [0.25, 0.3) is 0 Å². The van der Waals surface area contributed by atoms with Crippen molar-refractivity contribution in [3.05, 3.63) is 24.3 Å². The molecule has 1 amide bonds. The van der Waals surface area contributed by atoms with E-state index in [4.69, 9.17) is 0 Å². The lowest BCUT2D eigenvalue weighted by Crippen LogP contribution is -2.22. The van der Waals surface area contributed by atoms with Crippen molar-refractivity contribution in [1.29, 1.82) is 0 Å². The highest BCUT2D eigenvalue weighted by Crippen LogP contribution is 2.17. The average molecular weight is 237 g/mol. The molecule has 7 heteroatoms. The summed E-state index contributed by atoms with van der Waals surface area (Å²) in [6.07, 6.45) is 0. The number of carbonyl (C=O) groups excluding carboxylic acids is 1. The Hall–Kier alpha value is -2.02. The van der Waals surface area contributed by atoms with Gasteiger partial charge in [-0.3, -0.25) is 10.2 Å². The molecule has 6 nitrogen and oxygen atoms in total. The summed E-state index contributed by atoms with van der Waals surface area (Å²) < 4.78 is 0. The third-order valence-corrected chi connectivity index (χ3v) is 1.62. The zero-order valence-corrected chi connectivity index (χ0v) is 9.41. The van der Waals surface area contributed by atoms with Gasteiger partial charge in [0.2, 0.25) is 5.91 Å². The molecule has 1 aromatic carbocycles. The van der Waals surface area contributed by atoms with Crippen molar-refractivity contribution in [2.24, 2.45) is 10.3 Å². The molecule has 3 N–H and O–H groups in total. The van der Waals surface area contributed by atoms with E-state index in [0.717, 1.165) is 0 Å². The smallest absolute Gasteiger partial charge is 0.221 e. The molecule has 84 valence electrons. The van der Waals surface area contributed by atoms with Gasteiger partial charge in [-0.15, -0.1) is 5.11 Å². The fourth-order valence-electron chi connectivity index (χ4n) is 0.987. The minimum Gasteiger partial charge on any atom is -0.326 e. The van der Waals surface area contributed by atoms with Gasteiger partial charge in [0.05, 0.1) is 11.2 Å². The first-order valence-corrected chi connectivity index (χ1v) is 4.92. The maximum absolute atomic E-state index is 10.8. The van der Waals surface area contributed by atoms with Gasteiger partial charge in [-0.1, -0.05) is 23.5 Å². The van der Waals surface area contributed by atoms with Crippen molar-refractivity contribution < 1.29 is 4.79 Å². The Balaban J connectivity index is 2.63. The van der Waals surface area contributed by atoms with Crippen LogP contribution < -0.4 is 16.3 Å². The highest BCUT2D eigenvalue weighted by Gasteiger charge is 1.96. The molecule has 0 saturated heterocycles. The number of nitrogens with one attached hydrogen (secondary N) is 3. The molecule has 0 saturated carbocycles. The van der Waals surface area contributed by atoms with Crippen LogP contribution in [0.5, 0.6) is 0 Å².